The highest BCUT2D eigenvalue weighted by molar-refractivity contribution is 5.85. The van der Waals surface area contributed by atoms with Crippen LogP contribution in [0.15, 0.2) is 18.2 Å². The van der Waals surface area contributed by atoms with Crippen molar-refractivity contribution >= 4 is 11.9 Å². The van der Waals surface area contributed by atoms with Crippen molar-refractivity contribution in [1.82, 2.24) is 0 Å². The molecule has 0 aromatic heterocycles. The molecule has 13 heavy (non-hydrogen) atoms. The Balaban J connectivity index is 2.87. The molecular formula is C10H14N2O. The Morgan fingerprint density at radius 3 is 2.85 bits per heavy atom. The number of hydrogen-bond donors (Lipinski definition) is 3. The predicted octanol–water partition coefficient (Wildman–Crippen LogP) is 1.19. The summed E-state index contributed by atoms with van der Waals surface area (Å²) in [6.45, 7) is 0.175. The topological polar surface area (TPSA) is 70.1 Å². The fourth-order valence-electron chi connectivity index (χ4n) is 1.25. The van der Waals surface area contributed by atoms with Gasteiger partial charge in [-0.3, -0.25) is 0 Å². The lowest BCUT2D eigenvalue weighted by atomic mass is 10.0. The summed E-state index contributed by atoms with van der Waals surface area (Å²) in [5, 5.41) is 15.8. The minimum atomic E-state index is 0.175. The number of hydrogen-bond acceptors (Lipinski definition) is 3. The quantitative estimate of drug-likeness (QED) is 0.479. The van der Waals surface area contributed by atoms with Crippen LogP contribution in [0.1, 0.15) is 17.5 Å². The van der Waals surface area contributed by atoms with Gasteiger partial charge < -0.3 is 16.2 Å². The standard InChI is InChI=1S/C10H14N2O/c11-7-9-4-1-3-8(10(9)12)5-2-6-13/h1,3-4,7,11,13H,2,5-6,12H2. The van der Waals surface area contributed by atoms with Crippen molar-refractivity contribution in [2.75, 3.05) is 12.3 Å². The van der Waals surface area contributed by atoms with E-state index in [0.29, 0.717) is 12.1 Å². The maximum absolute atomic E-state index is 8.66. The Hall–Kier alpha value is -1.35. The molecule has 0 unspecified atom stereocenters. The second-order valence-electron chi connectivity index (χ2n) is 2.89. The molecule has 1 rings (SSSR count). The third kappa shape index (κ3) is 2.29. The van der Waals surface area contributed by atoms with Gasteiger partial charge >= 0.3 is 0 Å². The minimum Gasteiger partial charge on any atom is -0.398 e. The Morgan fingerprint density at radius 1 is 1.46 bits per heavy atom. The van der Waals surface area contributed by atoms with Gasteiger partial charge in [-0.1, -0.05) is 18.2 Å². The van der Waals surface area contributed by atoms with Crippen molar-refractivity contribution in [2.24, 2.45) is 0 Å². The number of para-hydroxylation sites is 1. The average Bonchev–Trinajstić information content (AvgIpc) is 2.16. The van der Waals surface area contributed by atoms with Gasteiger partial charge in [0.15, 0.2) is 0 Å². The molecule has 1 aromatic carbocycles. The second-order valence-corrected chi connectivity index (χ2v) is 2.89. The van der Waals surface area contributed by atoms with Crippen LogP contribution in [-0.2, 0) is 6.42 Å². The highest BCUT2D eigenvalue weighted by Gasteiger charge is 2.01. The smallest absolute Gasteiger partial charge is 0.0435 e. The zero-order valence-electron chi connectivity index (χ0n) is 7.46. The molecule has 0 fully saturated rings. The molecule has 70 valence electrons. The number of nitrogens with one attached hydrogen (secondary N) is 1. The monoisotopic (exact) mass is 178 g/mol. The van der Waals surface area contributed by atoms with Crippen LogP contribution in [0.5, 0.6) is 0 Å². The Labute approximate surface area is 77.7 Å². The summed E-state index contributed by atoms with van der Waals surface area (Å²) >= 11 is 0. The molecule has 0 heterocycles. The van der Waals surface area contributed by atoms with Gasteiger partial charge in [0.2, 0.25) is 0 Å². The highest BCUT2D eigenvalue weighted by atomic mass is 16.2. The van der Waals surface area contributed by atoms with E-state index in [9.17, 15) is 0 Å². The molecule has 4 N–H and O–H groups in total. The second kappa shape index (κ2) is 4.62. The number of benzene rings is 1. The van der Waals surface area contributed by atoms with E-state index in [1.165, 1.54) is 6.21 Å². The number of nitrogen functional groups attached to an aromatic ring is 1. The van der Waals surface area contributed by atoms with Crippen molar-refractivity contribution in [2.45, 2.75) is 12.8 Å². The molecule has 0 aliphatic heterocycles. The van der Waals surface area contributed by atoms with E-state index in [1.807, 2.05) is 18.2 Å². The molecule has 0 spiro atoms. The van der Waals surface area contributed by atoms with Crippen LogP contribution in [0.2, 0.25) is 0 Å². The summed E-state index contributed by atoms with van der Waals surface area (Å²) in [7, 11) is 0. The van der Waals surface area contributed by atoms with Gasteiger partial charge in [0.05, 0.1) is 0 Å². The van der Waals surface area contributed by atoms with E-state index in [4.69, 9.17) is 16.2 Å². The number of anilines is 1. The maximum atomic E-state index is 8.66. The van der Waals surface area contributed by atoms with Gasteiger partial charge in [-0.05, 0) is 18.4 Å². The average molecular weight is 178 g/mol. The number of rotatable bonds is 4. The van der Waals surface area contributed by atoms with Crippen LogP contribution in [0.25, 0.3) is 0 Å². The first-order chi connectivity index (χ1) is 6.29. The Morgan fingerprint density at radius 2 is 2.23 bits per heavy atom. The van der Waals surface area contributed by atoms with Crippen LogP contribution in [0, 0.1) is 5.41 Å². The molecule has 1 aromatic rings. The van der Waals surface area contributed by atoms with Gasteiger partial charge in [0.25, 0.3) is 0 Å². The summed E-state index contributed by atoms with van der Waals surface area (Å²) in [6.07, 6.45) is 2.73. The lowest BCUT2D eigenvalue weighted by molar-refractivity contribution is 0.288. The number of aliphatic hydroxyl groups excluding tert-OH is 1. The third-order valence-electron chi connectivity index (χ3n) is 1.99. The summed E-state index contributed by atoms with van der Waals surface area (Å²) in [4.78, 5) is 0. The van der Waals surface area contributed by atoms with Crippen LogP contribution in [-0.4, -0.2) is 17.9 Å². The summed E-state index contributed by atoms with van der Waals surface area (Å²) in [5.74, 6) is 0. The lowest BCUT2D eigenvalue weighted by Crippen LogP contribution is -2.00. The largest absolute Gasteiger partial charge is 0.398 e. The summed E-state index contributed by atoms with van der Waals surface area (Å²) in [6, 6.07) is 5.62. The Kier molecular flexibility index (Phi) is 3.46. The number of nitrogens with two attached hydrogens (primary N) is 1. The van der Waals surface area contributed by atoms with Gasteiger partial charge in [-0.15, -0.1) is 0 Å². The van der Waals surface area contributed by atoms with Crippen molar-refractivity contribution < 1.29 is 5.11 Å². The molecule has 0 saturated heterocycles. The summed E-state index contributed by atoms with van der Waals surface area (Å²) in [5.41, 5.74) is 8.22. The molecule has 0 amide bonds. The van der Waals surface area contributed by atoms with Crippen LogP contribution < -0.4 is 5.73 Å². The lowest BCUT2D eigenvalue weighted by Gasteiger charge is -2.06. The zero-order valence-corrected chi connectivity index (χ0v) is 7.46. The van der Waals surface area contributed by atoms with E-state index in [2.05, 4.69) is 0 Å². The summed E-state index contributed by atoms with van der Waals surface area (Å²) < 4.78 is 0. The molecule has 0 aliphatic carbocycles. The SMILES string of the molecule is N=Cc1cccc(CCCO)c1N. The molecule has 0 saturated carbocycles. The molecular weight excluding hydrogens is 164 g/mol. The fourth-order valence-corrected chi connectivity index (χ4v) is 1.25. The number of aliphatic hydroxyl groups is 1. The maximum Gasteiger partial charge on any atom is 0.0435 e. The van der Waals surface area contributed by atoms with Gasteiger partial charge in [-0.25, -0.2) is 0 Å². The fraction of sp³-hybridized carbons (Fsp3) is 0.300. The first-order valence-electron chi connectivity index (χ1n) is 4.28. The molecule has 3 heteroatoms. The molecule has 0 atom stereocenters. The van der Waals surface area contributed by atoms with E-state index in [0.717, 1.165) is 17.5 Å². The first kappa shape index (κ1) is 9.74. The van der Waals surface area contributed by atoms with Crippen molar-refractivity contribution in [3.8, 4) is 0 Å². The van der Waals surface area contributed by atoms with E-state index in [-0.39, 0.29) is 6.61 Å². The van der Waals surface area contributed by atoms with E-state index < -0.39 is 0 Å². The predicted molar refractivity (Wildman–Crippen MR) is 54.1 cm³/mol. The molecule has 0 bridgehead atoms. The van der Waals surface area contributed by atoms with Crippen molar-refractivity contribution in [3.63, 3.8) is 0 Å². The van der Waals surface area contributed by atoms with E-state index >= 15 is 0 Å². The van der Waals surface area contributed by atoms with Gasteiger partial charge in [0, 0.05) is 24.1 Å². The van der Waals surface area contributed by atoms with Gasteiger partial charge in [-0.2, -0.15) is 0 Å². The third-order valence-corrected chi connectivity index (χ3v) is 1.99. The van der Waals surface area contributed by atoms with E-state index in [1.54, 1.807) is 0 Å². The van der Waals surface area contributed by atoms with Gasteiger partial charge in [0.1, 0.15) is 0 Å². The molecule has 3 nitrogen and oxygen atoms in total. The highest BCUT2D eigenvalue weighted by Crippen LogP contribution is 2.17. The normalized spacial score (nSPS) is 9.92. The van der Waals surface area contributed by atoms with Crippen LogP contribution in [0.3, 0.4) is 0 Å². The Bertz CT molecular complexity index is 297. The molecule has 0 aliphatic rings. The zero-order chi connectivity index (χ0) is 9.68. The minimum absolute atomic E-state index is 0.175. The molecule has 0 radical (unpaired) electrons. The first-order valence-corrected chi connectivity index (χ1v) is 4.28. The van der Waals surface area contributed by atoms with Crippen LogP contribution >= 0.6 is 0 Å². The van der Waals surface area contributed by atoms with Crippen molar-refractivity contribution in [1.29, 1.82) is 5.41 Å². The number of aryl methyl sites for hydroxylation is 1. The van der Waals surface area contributed by atoms with Crippen LogP contribution in [0.4, 0.5) is 5.69 Å². The van der Waals surface area contributed by atoms with Crippen molar-refractivity contribution in [3.05, 3.63) is 29.3 Å².